The Morgan fingerprint density at radius 1 is 1.12 bits per heavy atom. The quantitative estimate of drug-likeness (QED) is 0.400. The van der Waals surface area contributed by atoms with Gasteiger partial charge in [-0.05, 0) is 23.3 Å². The number of aliphatic hydroxyl groups excluding tert-OH is 1. The van der Waals surface area contributed by atoms with Gasteiger partial charge in [0.1, 0.15) is 5.75 Å². The van der Waals surface area contributed by atoms with Crippen molar-refractivity contribution < 1.29 is 9.84 Å². The number of benzene rings is 2. The maximum atomic E-state index is 10.3. The summed E-state index contributed by atoms with van der Waals surface area (Å²) in [7, 11) is 5.48. The van der Waals surface area contributed by atoms with Crippen molar-refractivity contribution in [2.75, 3.05) is 27.7 Å². The summed E-state index contributed by atoms with van der Waals surface area (Å²) in [6.45, 7) is 0.984. The molecular formula is C19H26IN3O2. The molecule has 2 aromatic carbocycles. The number of nitrogens with one attached hydrogen (secondary N) is 1. The second-order valence-corrected chi connectivity index (χ2v) is 5.69. The molecule has 136 valence electrons. The molecule has 0 aliphatic heterocycles. The molecule has 1 unspecified atom stereocenters. The van der Waals surface area contributed by atoms with E-state index in [9.17, 15) is 5.11 Å². The molecule has 2 rings (SSSR count). The van der Waals surface area contributed by atoms with Crippen molar-refractivity contribution in [2.45, 2.75) is 12.6 Å². The van der Waals surface area contributed by atoms with Gasteiger partial charge in [0.2, 0.25) is 0 Å². The van der Waals surface area contributed by atoms with Gasteiger partial charge in [-0.15, -0.1) is 24.0 Å². The molecule has 0 spiro atoms. The molecule has 6 heteroatoms. The molecule has 0 aliphatic carbocycles. The highest BCUT2D eigenvalue weighted by Crippen LogP contribution is 2.17. The Bertz CT molecular complexity index is 645. The van der Waals surface area contributed by atoms with Crippen LogP contribution in [0.2, 0.25) is 0 Å². The SMILES string of the molecule is COc1ccc(C(O)CNC(=NCc2ccccc2)N(C)C)cc1.I. The van der Waals surface area contributed by atoms with Crippen molar-refractivity contribution in [2.24, 2.45) is 4.99 Å². The van der Waals surface area contributed by atoms with Crippen LogP contribution in [0.15, 0.2) is 59.6 Å². The second-order valence-electron chi connectivity index (χ2n) is 5.69. The van der Waals surface area contributed by atoms with E-state index in [1.807, 2.05) is 73.6 Å². The van der Waals surface area contributed by atoms with Gasteiger partial charge < -0.3 is 20.1 Å². The number of hydrogen-bond donors (Lipinski definition) is 2. The van der Waals surface area contributed by atoms with E-state index >= 15 is 0 Å². The predicted molar refractivity (Wildman–Crippen MR) is 113 cm³/mol. The van der Waals surface area contributed by atoms with E-state index in [0.29, 0.717) is 13.1 Å². The molecule has 1 atom stereocenters. The Balaban J connectivity index is 0.00000312. The van der Waals surface area contributed by atoms with Crippen molar-refractivity contribution in [1.29, 1.82) is 0 Å². The number of rotatable bonds is 6. The molecule has 2 N–H and O–H groups in total. The summed E-state index contributed by atoms with van der Waals surface area (Å²) in [6.07, 6.45) is -0.613. The standard InChI is InChI=1S/C19H25N3O2.HI/c1-22(2)19(20-13-15-7-5-4-6-8-15)21-14-18(23)16-9-11-17(24-3)12-10-16;/h4-12,18,23H,13-14H2,1-3H3,(H,20,21);1H. The summed E-state index contributed by atoms with van der Waals surface area (Å²) < 4.78 is 5.13. The number of halogens is 1. The smallest absolute Gasteiger partial charge is 0.193 e. The molecule has 0 radical (unpaired) electrons. The number of aliphatic imine (C=N–C) groups is 1. The minimum absolute atomic E-state index is 0. The van der Waals surface area contributed by atoms with Crippen LogP contribution in [0, 0.1) is 0 Å². The Hall–Kier alpha value is -1.80. The van der Waals surface area contributed by atoms with Crippen LogP contribution in [0.4, 0.5) is 0 Å². The summed E-state index contributed by atoms with van der Waals surface area (Å²) in [5.74, 6) is 1.52. The first-order valence-electron chi connectivity index (χ1n) is 7.91. The van der Waals surface area contributed by atoms with Crippen LogP contribution in [0.3, 0.4) is 0 Å². The van der Waals surface area contributed by atoms with Crippen LogP contribution in [0.25, 0.3) is 0 Å². The topological polar surface area (TPSA) is 57.1 Å². The monoisotopic (exact) mass is 455 g/mol. The van der Waals surface area contributed by atoms with E-state index in [1.54, 1.807) is 7.11 Å². The van der Waals surface area contributed by atoms with Crippen LogP contribution >= 0.6 is 24.0 Å². The third-order valence-electron chi connectivity index (χ3n) is 3.63. The Kier molecular flexibility index (Phi) is 9.30. The zero-order valence-electron chi connectivity index (χ0n) is 14.8. The van der Waals surface area contributed by atoms with Crippen molar-refractivity contribution in [3.8, 4) is 5.75 Å². The van der Waals surface area contributed by atoms with Crippen LogP contribution in [0.1, 0.15) is 17.2 Å². The van der Waals surface area contributed by atoms with E-state index in [2.05, 4.69) is 10.3 Å². The lowest BCUT2D eigenvalue weighted by atomic mass is 10.1. The molecule has 0 saturated heterocycles. The lowest BCUT2D eigenvalue weighted by molar-refractivity contribution is 0.180. The fraction of sp³-hybridized carbons (Fsp3) is 0.316. The normalized spacial score (nSPS) is 12.1. The van der Waals surface area contributed by atoms with Crippen molar-refractivity contribution >= 4 is 29.9 Å². The number of aliphatic hydroxyl groups is 1. The van der Waals surface area contributed by atoms with E-state index < -0.39 is 6.10 Å². The highest BCUT2D eigenvalue weighted by atomic mass is 127. The van der Waals surface area contributed by atoms with Crippen LogP contribution < -0.4 is 10.1 Å². The molecule has 25 heavy (non-hydrogen) atoms. The first kappa shape index (κ1) is 21.2. The largest absolute Gasteiger partial charge is 0.497 e. The fourth-order valence-corrected chi connectivity index (χ4v) is 2.24. The number of guanidine groups is 1. The zero-order valence-corrected chi connectivity index (χ0v) is 17.2. The molecule has 0 bridgehead atoms. The van der Waals surface area contributed by atoms with Gasteiger partial charge in [0.15, 0.2) is 5.96 Å². The first-order valence-corrected chi connectivity index (χ1v) is 7.91. The van der Waals surface area contributed by atoms with Gasteiger partial charge >= 0.3 is 0 Å². The maximum Gasteiger partial charge on any atom is 0.193 e. The Labute approximate surface area is 166 Å². The van der Waals surface area contributed by atoms with Gasteiger partial charge in [0.25, 0.3) is 0 Å². The third kappa shape index (κ3) is 6.91. The van der Waals surface area contributed by atoms with E-state index in [4.69, 9.17) is 4.74 Å². The van der Waals surface area contributed by atoms with Crippen molar-refractivity contribution in [3.63, 3.8) is 0 Å². The molecule has 5 nitrogen and oxygen atoms in total. The van der Waals surface area contributed by atoms with E-state index in [-0.39, 0.29) is 24.0 Å². The zero-order chi connectivity index (χ0) is 17.4. The highest BCUT2D eigenvalue weighted by molar-refractivity contribution is 14.0. The molecule has 0 aliphatic rings. The van der Waals surface area contributed by atoms with E-state index in [1.165, 1.54) is 0 Å². The summed E-state index contributed by atoms with van der Waals surface area (Å²) in [6, 6.07) is 17.5. The van der Waals surface area contributed by atoms with Gasteiger partial charge in [0, 0.05) is 20.6 Å². The molecule has 0 heterocycles. The Morgan fingerprint density at radius 2 is 1.76 bits per heavy atom. The maximum absolute atomic E-state index is 10.3. The predicted octanol–water partition coefficient (Wildman–Crippen LogP) is 3.05. The lowest BCUT2D eigenvalue weighted by Gasteiger charge is -2.20. The van der Waals surface area contributed by atoms with Gasteiger partial charge in [-0.3, -0.25) is 0 Å². The highest BCUT2D eigenvalue weighted by Gasteiger charge is 2.10. The number of nitrogens with zero attached hydrogens (tertiary/aromatic N) is 2. The summed E-state index contributed by atoms with van der Waals surface area (Å²) >= 11 is 0. The third-order valence-corrected chi connectivity index (χ3v) is 3.63. The number of methoxy groups -OCH3 is 1. The molecule has 0 aromatic heterocycles. The van der Waals surface area contributed by atoms with Crippen molar-refractivity contribution in [3.05, 3.63) is 65.7 Å². The minimum Gasteiger partial charge on any atom is -0.497 e. The minimum atomic E-state index is -0.613. The first-order chi connectivity index (χ1) is 11.6. The molecular weight excluding hydrogens is 429 g/mol. The fourth-order valence-electron chi connectivity index (χ4n) is 2.24. The van der Waals surface area contributed by atoms with Crippen molar-refractivity contribution in [1.82, 2.24) is 10.2 Å². The number of ether oxygens (including phenoxy) is 1. The van der Waals surface area contributed by atoms with Gasteiger partial charge in [0.05, 0.1) is 19.8 Å². The summed E-state index contributed by atoms with van der Waals surface area (Å²) in [5.41, 5.74) is 1.99. The average Bonchev–Trinajstić information content (AvgIpc) is 2.62. The van der Waals surface area contributed by atoms with Crippen LogP contribution in [-0.4, -0.2) is 43.7 Å². The number of hydrogen-bond acceptors (Lipinski definition) is 3. The van der Waals surface area contributed by atoms with E-state index in [0.717, 1.165) is 22.8 Å². The van der Waals surface area contributed by atoms with Gasteiger partial charge in [-0.25, -0.2) is 4.99 Å². The molecule has 2 aromatic rings. The second kappa shape index (κ2) is 10.9. The summed E-state index contributed by atoms with van der Waals surface area (Å²) in [5, 5.41) is 13.5. The summed E-state index contributed by atoms with van der Waals surface area (Å²) in [4.78, 5) is 6.49. The Morgan fingerprint density at radius 3 is 2.32 bits per heavy atom. The van der Waals surface area contributed by atoms with Gasteiger partial charge in [-0.2, -0.15) is 0 Å². The molecule has 0 saturated carbocycles. The molecule has 0 fully saturated rings. The van der Waals surface area contributed by atoms with Gasteiger partial charge in [-0.1, -0.05) is 42.5 Å². The lowest BCUT2D eigenvalue weighted by Crippen LogP contribution is -2.38. The van der Waals surface area contributed by atoms with Crippen LogP contribution in [0.5, 0.6) is 5.75 Å². The molecule has 0 amide bonds. The average molecular weight is 455 g/mol. The van der Waals surface area contributed by atoms with Crippen LogP contribution in [-0.2, 0) is 6.54 Å².